The Morgan fingerprint density at radius 2 is 2.31 bits per heavy atom. The molecule has 1 heterocycles. The van der Waals surface area contributed by atoms with Crippen molar-refractivity contribution in [3.8, 4) is 0 Å². The third kappa shape index (κ3) is 7.00. The highest BCUT2D eigenvalue weighted by atomic mass is 35.5. The molecular formula is C9H17Cl2N3OS. The molecule has 7 heteroatoms. The van der Waals surface area contributed by atoms with Crippen LogP contribution in [0.2, 0.25) is 0 Å². The fraction of sp³-hybridized carbons (Fsp3) is 0.556. The predicted octanol–water partition coefficient (Wildman–Crippen LogP) is 1.38. The maximum atomic E-state index is 11.3. The molecule has 0 saturated carbocycles. The molecule has 1 aromatic heterocycles. The van der Waals surface area contributed by atoms with E-state index in [-0.39, 0.29) is 36.8 Å². The molecule has 0 unspecified atom stereocenters. The first kappa shape index (κ1) is 18.0. The van der Waals surface area contributed by atoms with Crippen LogP contribution < -0.4 is 11.1 Å². The van der Waals surface area contributed by atoms with Gasteiger partial charge in [0, 0.05) is 24.4 Å². The summed E-state index contributed by atoms with van der Waals surface area (Å²) in [5.41, 5.74) is 8.14. The molecule has 0 aliphatic rings. The summed E-state index contributed by atoms with van der Waals surface area (Å²) >= 11 is 1.55. The average Bonchev–Trinajstić information content (AvgIpc) is 2.67. The molecule has 0 bridgehead atoms. The second-order valence-electron chi connectivity index (χ2n) is 3.18. The first-order valence-electron chi connectivity index (χ1n) is 4.59. The molecule has 0 aromatic carbocycles. The summed E-state index contributed by atoms with van der Waals surface area (Å²) in [6.07, 6.45) is 1.18. The molecule has 0 aliphatic heterocycles. The monoisotopic (exact) mass is 285 g/mol. The molecule has 3 N–H and O–H groups in total. The van der Waals surface area contributed by atoms with Gasteiger partial charge in [0.2, 0.25) is 5.91 Å². The maximum Gasteiger partial charge on any atom is 0.220 e. The highest BCUT2D eigenvalue weighted by Gasteiger charge is 2.06. The van der Waals surface area contributed by atoms with Crippen LogP contribution in [0.4, 0.5) is 0 Å². The van der Waals surface area contributed by atoms with Crippen LogP contribution in [0.25, 0.3) is 0 Å². The first-order chi connectivity index (χ1) is 6.72. The molecule has 1 rings (SSSR count). The second kappa shape index (κ2) is 9.84. The van der Waals surface area contributed by atoms with E-state index in [1.54, 1.807) is 16.8 Å². The van der Waals surface area contributed by atoms with Gasteiger partial charge in [-0.05, 0) is 13.3 Å². The van der Waals surface area contributed by atoms with Gasteiger partial charge in [-0.15, -0.1) is 36.2 Å². The lowest BCUT2D eigenvalue weighted by Gasteiger charge is -2.10. The molecule has 0 radical (unpaired) electrons. The van der Waals surface area contributed by atoms with Crippen molar-refractivity contribution in [2.24, 2.45) is 5.73 Å². The normalized spacial score (nSPS) is 10.9. The highest BCUT2D eigenvalue weighted by molar-refractivity contribution is 7.07. The zero-order valence-corrected chi connectivity index (χ0v) is 11.5. The topological polar surface area (TPSA) is 68.0 Å². The standard InChI is InChI=1S/C9H15N3OS.2ClH/c1-7(4-10)12-9(13)3-2-8-5-14-6-11-8;;/h5-7H,2-4,10H2,1H3,(H,12,13);2*1H/t7-;;/m1../s1. The Morgan fingerprint density at radius 3 is 2.81 bits per heavy atom. The van der Waals surface area contributed by atoms with Crippen LogP contribution in [0, 0.1) is 0 Å². The number of carbonyl (C=O) groups is 1. The first-order valence-corrected chi connectivity index (χ1v) is 5.53. The number of nitrogens with zero attached hydrogens (tertiary/aromatic N) is 1. The van der Waals surface area contributed by atoms with Crippen molar-refractivity contribution in [2.75, 3.05) is 6.54 Å². The zero-order valence-electron chi connectivity index (χ0n) is 9.01. The number of hydrogen-bond acceptors (Lipinski definition) is 4. The van der Waals surface area contributed by atoms with Crippen LogP contribution >= 0.6 is 36.2 Å². The van der Waals surface area contributed by atoms with Crippen LogP contribution in [0.3, 0.4) is 0 Å². The van der Waals surface area contributed by atoms with E-state index in [0.29, 0.717) is 19.4 Å². The van der Waals surface area contributed by atoms with Gasteiger partial charge in [0.25, 0.3) is 0 Å². The van der Waals surface area contributed by atoms with Crippen molar-refractivity contribution in [1.82, 2.24) is 10.3 Å². The number of aryl methyl sites for hydroxylation is 1. The van der Waals surface area contributed by atoms with Crippen molar-refractivity contribution in [1.29, 1.82) is 0 Å². The largest absolute Gasteiger partial charge is 0.352 e. The molecule has 94 valence electrons. The van der Waals surface area contributed by atoms with Gasteiger partial charge in [-0.25, -0.2) is 4.98 Å². The van der Waals surface area contributed by atoms with Gasteiger partial charge in [0.1, 0.15) is 0 Å². The Balaban J connectivity index is 0. The van der Waals surface area contributed by atoms with Crippen molar-refractivity contribution in [2.45, 2.75) is 25.8 Å². The van der Waals surface area contributed by atoms with E-state index in [1.807, 2.05) is 12.3 Å². The number of aromatic nitrogens is 1. The van der Waals surface area contributed by atoms with Crippen LogP contribution in [-0.2, 0) is 11.2 Å². The highest BCUT2D eigenvalue weighted by Crippen LogP contribution is 2.03. The number of halogens is 2. The molecule has 0 saturated heterocycles. The summed E-state index contributed by atoms with van der Waals surface area (Å²) in [4.78, 5) is 15.4. The number of hydrogen-bond donors (Lipinski definition) is 2. The van der Waals surface area contributed by atoms with Crippen molar-refractivity contribution >= 4 is 42.1 Å². The fourth-order valence-electron chi connectivity index (χ4n) is 1.01. The SMILES string of the molecule is C[C@H](CN)NC(=O)CCc1cscn1.Cl.Cl. The van der Waals surface area contributed by atoms with Gasteiger partial charge in [0.15, 0.2) is 0 Å². The lowest BCUT2D eigenvalue weighted by atomic mass is 10.2. The molecule has 4 nitrogen and oxygen atoms in total. The molecule has 1 amide bonds. The number of amides is 1. The van der Waals surface area contributed by atoms with E-state index in [9.17, 15) is 4.79 Å². The average molecular weight is 286 g/mol. The minimum absolute atomic E-state index is 0. The van der Waals surface area contributed by atoms with E-state index in [2.05, 4.69) is 10.3 Å². The number of rotatable bonds is 5. The summed E-state index contributed by atoms with van der Waals surface area (Å²) < 4.78 is 0. The summed E-state index contributed by atoms with van der Waals surface area (Å²) in [5, 5.41) is 4.76. The van der Waals surface area contributed by atoms with Crippen molar-refractivity contribution in [3.05, 3.63) is 16.6 Å². The van der Waals surface area contributed by atoms with Crippen LogP contribution in [0.5, 0.6) is 0 Å². The smallest absolute Gasteiger partial charge is 0.220 e. The van der Waals surface area contributed by atoms with Gasteiger partial charge < -0.3 is 11.1 Å². The Kier molecular flexibility index (Phi) is 11.1. The van der Waals surface area contributed by atoms with E-state index in [1.165, 1.54) is 0 Å². The number of nitrogens with one attached hydrogen (secondary N) is 1. The zero-order chi connectivity index (χ0) is 10.4. The number of nitrogens with two attached hydrogens (primary N) is 1. The molecule has 0 spiro atoms. The maximum absolute atomic E-state index is 11.3. The Hall–Kier alpha value is -0.360. The third-order valence-electron chi connectivity index (χ3n) is 1.85. The van der Waals surface area contributed by atoms with Gasteiger partial charge in [0.05, 0.1) is 11.2 Å². The van der Waals surface area contributed by atoms with Gasteiger partial charge in [-0.1, -0.05) is 0 Å². The summed E-state index contributed by atoms with van der Waals surface area (Å²) in [7, 11) is 0. The Labute approximate surface area is 112 Å². The van der Waals surface area contributed by atoms with Crippen LogP contribution in [-0.4, -0.2) is 23.5 Å². The molecule has 0 aliphatic carbocycles. The minimum atomic E-state index is 0. The Bertz CT molecular complexity index is 282. The van der Waals surface area contributed by atoms with Gasteiger partial charge in [-0.3, -0.25) is 4.79 Å². The fourth-order valence-corrected chi connectivity index (χ4v) is 1.60. The van der Waals surface area contributed by atoms with E-state index in [0.717, 1.165) is 5.69 Å². The van der Waals surface area contributed by atoms with E-state index in [4.69, 9.17) is 5.73 Å². The lowest BCUT2D eigenvalue weighted by molar-refractivity contribution is -0.121. The van der Waals surface area contributed by atoms with Gasteiger partial charge in [-0.2, -0.15) is 0 Å². The molecule has 16 heavy (non-hydrogen) atoms. The van der Waals surface area contributed by atoms with Crippen molar-refractivity contribution in [3.63, 3.8) is 0 Å². The van der Waals surface area contributed by atoms with Crippen LogP contribution in [0.15, 0.2) is 10.9 Å². The lowest BCUT2D eigenvalue weighted by Crippen LogP contribution is -2.37. The second-order valence-corrected chi connectivity index (χ2v) is 3.90. The molecule has 1 atom stereocenters. The quantitative estimate of drug-likeness (QED) is 0.859. The summed E-state index contributed by atoms with van der Waals surface area (Å²) in [5.74, 6) is 0.0379. The predicted molar refractivity (Wildman–Crippen MR) is 71.6 cm³/mol. The minimum Gasteiger partial charge on any atom is -0.352 e. The van der Waals surface area contributed by atoms with E-state index < -0.39 is 0 Å². The number of carbonyl (C=O) groups excluding carboxylic acids is 1. The molecular weight excluding hydrogens is 269 g/mol. The summed E-state index contributed by atoms with van der Waals surface area (Å²) in [6.45, 7) is 2.36. The van der Waals surface area contributed by atoms with Crippen molar-refractivity contribution < 1.29 is 4.79 Å². The Morgan fingerprint density at radius 1 is 1.62 bits per heavy atom. The number of thiazole rings is 1. The molecule has 1 aromatic rings. The molecule has 0 fully saturated rings. The third-order valence-corrected chi connectivity index (χ3v) is 2.49. The van der Waals surface area contributed by atoms with Crippen LogP contribution in [0.1, 0.15) is 19.0 Å². The van der Waals surface area contributed by atoms with Gasteiger partial charge >= 0.3 is 0 Å². The summed E-state index contributed by atoms with van der Waals surface area (Å²) in [6, 6.07) is 0.0536. The van der Waals surface area contributed by atoms with E-state index >= 15 is 0 Å².